The lowest BCUT2D eigenvalue weighted by atomic mass is 10.1. The Hall–Kier alpha value is -2.60. The van der Waals surface area contributed by atoms with Gasteiger partial charge in [-0.05, 0) is 47.9 Å². The van der Waals surface area contributed by atoms with Crippen LogP contribution >= 0.6 is 23.2 Å². The Labute approximate surface area is 205 Å². The zero-order valence-corrected chi connectivity index (χ0v) is 20.4. The summed E-state index contributed by atoms with van der Waals surface area (Å²) in [6, 6.07) is 17.9. The molecule has 1 fully saturated rings. The highest BCUT2D eigenvalue weighted by Gasteiger charge is 2.15. The molecule has 1 aliphatic heterocycles. The van der Waals surface area contributed by atoms with Crippen LogP contribution in [0.1, 0.15) is 16.7 Å². The Kier molecular flexibility index (Phi) is 7.86. The van der Waals surface area contributed by atoms with Gasteiger partial charge in [0.15, 0.2) is 11.5 Å². The second-order valence-electron chi connectivity index (χ2n) is 7.93. The van der Waals surface area contributed by atoms with Crippen LogP contribution in [0.3, 0.4) is 0 Å². The third-order valence-corrected chi connectivity index (χ3v) is 6.41. The van der Waals surface area contributed by atoms with Gasteiger partial charge in [-0.3, -0.25) is 0 Å². The lowest BCUT2D eigenvalue weighted by Gasteiger charge is -2.29. The van der Waals surface area contributed by atoms with Crippen molar-refractivity contribution in [2.45, 2.75) is 20.1 Å². The molecule has 0 unspecified atom stereocenters. The van der Waals surface area contributed by atoms with Crippen LogP contribution in [0.4, 0.5) is 11.4 Å². The lowest BCUT2D eigenvalue weighted by Crippen LogP contribution is -2.36. The van der Waals surface area contributed by atoms with Crippen LogP contribution in [-0.2, 0) is 17.9 Å². The first kappa shape index (κ1) is 23.6. The Morgan fingerprint density at radius 2 is 1.73 bits per heavy atom. The number of nitrogens with zero attached hydrogens (tertiary/aromatic N) is 1. The Morgan fingerprint density at radius 3 is 2.45 bits per heavy atom. The Morgan fingerprint density at radius 1 is 0.939 bits per heavy atom. The maximum Gasteiger partial charge on any atom is 0.163 e. The summed E-state index contributed by atoms with van der Waals surface area (Å²) in [7, 11) is 1.63. The van der Waals surface area contributed by atoms with Crippen LogP contribution in [0, 0.1) is 6.92 Å². The fourth-order valence-electron chi connectivity index (χ4n) is 3.79. The van der Waals surface area contributed by atoms with Crippen LogP contribution < -0.4 is 19.7 Å². The van der Waals surface area contributed by atoms with Crippen LogP contribution in [0.2, 0.25) is 10.0 Å². The van der Waals surface area contributed by atoms with Crippen molar-refractivity contribution in [2.24, 2.45) is 0 Å². The van der Waals surface area contributed by atoms with Crippen molar-refractivity contribution in [3.8, 4) is 11.5 Å². The number of rotatable bonds is 8. The average molecular weight is 487 g/mol. The van der Waals surface area contributed by atoms with E-state index < -0.39 is 0 Å². The first-order valence-corrected chi connectivity index (χ1v) is 11.7. The summed E-state index contributed by atoms with van der Waals surface area (Å²) >= 11 is 13.1. The Bertz CT molecular complexity index is 1100. The predicted octanol–water partition coefficient (Wildman–Crippen LogP) is 6.34. The molecular weight excluding hydrogens is 459 g/mol. The molecule has 0 bridgehead atoms. The number of hydrogen-bond acceptors (Lipinski definition) is 5. The molecule has 7 heteroatoms. The summed E-state index contributed by atoms with van der Waals surface area (Å²) in [5.74, 6) is 1.26. The minimum Gasteiger partial charge on any atom is -0.493 e. The van der Waals surface area contributed by atoms with Gasteiger partial charge in [-0.15, -0.1) is 0 Å². The topological polar surface area (TPSA) is 43.0 Å². The van der Waals surface area contributed by atoms with Crippen molar-refractivity contribution >= 4 is 34.6 Å². The third-order valence-electron chi connectivity index (χ3n) is 5.76. The highest BCUT2D eigenvalue weighted by molar-refractivity contribution is 6.33. The van der Waals surface area contributed by atoms with E-state index in [2.05, 4.69) is 29.3 Å². The minimum absolute atomic E-state index is 0.449. The standard InChI is InChI=1S/C26H28Cl2N2O3/c1-18-5-3-4-6-19(18)17-33-26-15-22(27)20(13-25(26)31-2)16-29-21-7-8-24(23(28)14-21)30-9-11-32-12-10-30/h3-8,13-15,29H,9-12,16-17H2,1-2H3. The van der Waals surface area contributed by atoms with E-state index >= 15 is 0 Å². The average Bonchev–Trinajstić information content (AvgIpc) is 2.83. The maximum absolute atomic E-state index is 6.58. The van der Waals surface area contributed by atoms with Gasteiger partial charge in [0.05, 0.1) is 31.0 Å². The molecule has 0 amide bonds. The molecule has 0 atom stereocenters. The van der Waals surface area contributed by atoms with Crippen LogP contribution in [-0.4, -0.2) is 33.4 Å². The molecule has 33 heavy (non-hydrogen) atoms. The molecule has 0 radical (unpaired) electrons. The number of benzene rings is 3. The highest BCUT2D eigenvalue weighted by Crippen LogP contribution is 2.35. The van der Waals surface area contributed by atoms with Crippen molar-refractivity contribution in [3.05, 3.63) is 81.3 Å². The van der Waals surface area contributed by atoms with Crippen molar-refractivity contribution in [3.63, 3.8) is 0 Å². The van der Waals surface area contributed by atoms with Gasteiger partial charge in [0.25, 0.3) is 0 Å². The van der Waals surface area contributed by atoms with Crippen molar-refractivity contribution in [1.29, 1.82) is 0 Å². The third kappa shape index (κ3) is 5.85. The minimum atomic E-state index is 0.449. The van der Waals surface area contributed by atoms with Gasteiger partial charge in [0, 0.05) is 36.4 Å². The predicted molar refractivity (Wildman–Crippen MR) is 135 cm³/mol. The second kappa shape index (κ2) is 11.0. The van der Waals surface area contributed by atoms with Crippen LogP contribution in [0.5, 0.6) is 11.5 Å². The molecule has 1 N–H and O–H groups in total. The molecule has 0 spiro atoms. The van der Waals surface area contributed by atoms with Gasteiger partial charge in [-0.1, -0.05) is 47.5 Å². The molecule has 174 valence electrons. The van der Waals surface area contributed by atoms with E-state index in [9.17, 15) is 0 Å². The molecule has 3 aromatic carbocycles. The van der Waals surface area contributed by atoms with Crippen LogP contribution in [0.25, 0.3) is 0 Å². The number of anilines is 2. The quantitative estimate of drug-likeness (QED) is 0.402. The summed E-state index contributed by atoms with van der Waals surface area (Å²) < 4.78 is 17.0. The van der Waals surface area contributed by atoms with E-state index in [0.29, 0.717) is 34.7 Å². The summed E-state index contributed by atoms with van der Waals surface area (Å²) in [5.41, 5.74) is 5.16. The molecule has 1 heterocycles. The van der Waals surface area contributed by atoms with Crippen LogP contribution in [0.15, 0.2) is 54.6 Å². The van der Waals surface area contributed by atoms with Crippen molar-refractivity contribution in [1.82, 2.24) is 0 Å². The number of morpholine rings is 1. The molecule has 0 aromatic heterocycles. The number of halogens is 2. The maximum atomic E-state index is 6.58. The van der Waals surface area contributed by atoms with Gasteiger partial charge in [-0.2, -0.15) is 0 Å². The second-order valence-corrected chi connectivity index (χ2v) is 8.74. The zero-order chi connectivity index (χ0) is 23.2. The van der Waals surface area contributed by atoms with Gasteiger partial charge < -0.3 is 24.4 Å². The Balaban J connectivity index is 1.43. The van der Waals surface area contributed by atoms with Gasteiger partial charge >= 0.3 is 0 Å². The normalized spacial score (nSPS) is 13.6. The van der Waals surface area contributed by atoms with E-state index in [0.717, 1.165) is 48.8 Å². The zero-order valence-electron chi connectivity index (χ0n) is 18.9. The molecule has 1 saturated heterocycles. The SMILES string of the molecule is COc1cc(CNc2ccc(N3CCOCC3)c(Cl)c2)c(Cl)cc1OCc1ccccc1C. The van der Waals surface area contributed by atoms with E-state index in [4.69, 9.17) is 37.4 Å². The lowest BCUT2D eigenvalue weighted by molar-refractivity contribution is 0.122. The molecular formula is C26H28Cl2N2O3. The first-order chi connectivity index (χ1) is 16.0. The molecule has 1 aliphatic rings. The fraction of sp³-hybridized carbons (Fsp3) is 0.308. The summed E-state index contributed by atoms with van der Waals surface area (Å²) in [6.45, 7) is 6.19. The van der Waals surface area contributed by atoms with E-state index in [1.54, 1.807) is 7.11 Å². The van der Waals surface area contributed by atoms with Gasteiger partial charge in [0.2, 0.25) is 0 Å². The molecule has 0 aliphatic carbocycles. The summed E-state index contributed by atoms with van der Waals surface area (Å²) in [5, 5.41) is 4.72. The number of ether oxygens (including phenoxy) is 3. The van der Waals surface area contributed by atoms with E-state index in [1.165, 1.54) is 5.56 Å². The smallest absolute Gasteiger partial charge is 0.163 e. The number of hydrogen-bond donors (Lipinski definition) is 1. The van der Waals surface area contributed by atoms with Crippen molar-refractivity contribution in [2.75, 3.05) is 43.6 Å². The monoisotopic (exact) mass is 486 g/mol. The van der Waals surface area contributed by atoms with E-state index in [1.807, 2.05) is 42.5 Å². The van der Waals surface area contributed by atoms with E-state index in [-0.39, 0.29) is 0 Å². The summed E-state index contributed by atoms with van der Waals surface area (Å²) in [6.07, 6.45) is 0. The molecule has 4 rings (SSSR count). The number of aryl methyl sites for hydroxylation is 1. The number of nitrogens with one attached hydrogen (secondary N) is 1. The van der Waals surface area contributed by atoms with Gasteiger partial charge in [-0.25, -0.2) is 0 Å². The largest absolute Gasteiger partial charge is 0.493 e. The summed E-state index contributed by atoms with van der Waals surface area (Å²) in [4.78, 5) is 2.24. The first-order valence-electron chi connectivity index (χ1n) is 10.9. The van der Waals surface area contributed by atoms with Crippen molar-refractivity contribution < 1.29 is 14.2 Å². The molecule has 5 nitrogen and oxygen atoms in total. The van der Waals surface area contributed by atoms with Gasteiger partial charge in [0.1, 0.15) is 6.61 Å². The molecule has 0 saturated carbocycles. The number of methoxy groups -OCH3 is 1. The fourth-order valence-corrected chi connectivity index (χ4v) is 4.31. The highest BCUT2D eigenvalue weighted by atomic mass is 35.5. The molecule has 3 aromatic rings.